The molecule has 1 heterocycles. The third-order valence-electron chi connectivity index (χ3n) is 4.90. The van der Waals surface area contributed by atoms with E-state index in [1.54, 1.807) is 60.5 Å². The van der Waals surface area contributed by atoms with Crippen molar-refractivity contribution in [1.29, 1.82) is 0 Å². The van der Waals surface area contributed by atoms with Crippen molar-refractivity contribution in [2.24, 2.45) is 0 Å². The minimum absolute atomic E-state index is 0.176. The van der Waals surface area contributed by atoms with Crippen molar-refractivity contribution in [1.82, 2.24) is 10.2 Å². The van der Waals surface area contributed by atoms with Gasteiger partial charge in [0.25, 0.3) is 11.8 Å². The molecule has 1 saturated heterocycles. The van der Waals surface area contributed by atoms with E-state index in [0.29, 0.717) is 48.0 Å². The van der Waals surface area contributed by atoms with Crippen LogP contribution in [-0.2, 0) is 9.53 Å². The number of anilines is 1. The van der Waals surface area contributed by atoms with Crippen LogP contribution in [0.2, 0.25) is 5.02 Å². The second kappa shape index (κ2) is 10.2. The third kappa shape index (κ3) is 5.37. The molecule has 0 saturated carbocycles. The molecular formula is C22H24ClN3O4. The first-order valence-corrected chi connectivity index (χ1v) is 10.1. The van der Waals surface area contributed by atoms with Gasteiger partial charge in [-0.15, -0.1) is 0 Å². The van der Waals surface area contributed by atoms with Crippen molar-refractivity contribution in [2.75, 3.05) is 32.1 Å². The number of carbonyl (C=O) groups is 3. The summed E-state index contributed by atoms with van der Waals surface area (Å²) in [6.45, 7) is 1.34. The number of hydrogen-bond acceptors (Lipinski definition) is 4. The average molecular weight is 430 g/mol. The van der Waals surface area contributed by atoms with Gasteiger partial charge in [-0.05, 0) is 55.3 Å². The second-order valence-corrected chi connectivity index (χ2v) is 7.42. The van der Waals surface area contributed by atoms with Crippen molar-refractivity contribution in [3.63, 3.8) is 0 Å². The Morgan fingerprint density at radius 1 is 1.13 bits per heavy atom. The molecule has 1 aliphatic heterocycles. The Bertz CT molecular complexity index is 917. The summed E-state index contributed by atoms with van der Waals surface area (Å²) in [6.07, 6.45) is 1.39. The quantitative estimate of drug-likeness (QED) is 0.662. The van der Waals surface area contributed by atoms with E-state index in [0.717, 1.165) is 6.42 Å². The van der Waals surface area contributed by atoms with E-state index in [2.05, 4.69) is 10.6 Å². The van der Waals surface area contributed by atoms with Crippen LogP contribution in [-0.4, -0.2) is 55.5 Å². The van der Waals surface area contributed by atoms with Crippen molar-refractivity contribution >= 4 is 35.0 Å². The predicted octanol–water partition coefficient (Wildman–Crippen LogP) is 2.96. The molecule has 1 unspecified atom stereocenters. The molecule has 2 N–H and O–H groups in total. The summed E-state index contributed by atoms with van der Waals surface area (Å²) in [6, 6.07) is 12.8. The lowest BCUT2D eigenvalue weighted by molar-refractivity contribution is -0.125. The Balaban J connectivity index is 1.68. The molecule has 3 rings (SSSR count). The maximum Gasteiger partial charge on any atom is 0.255 e. The number of rotatable bonds is 7. The summed E-state index contributed by atoms with van der Waals surface area (Å²) in [5.74, 6) is -0.708. The normalized spacial score (nSPS) is 15.7. The number of nitrogens with one attached hydrogen (secondary N) is 2. The van der Waals surface area contributed by atoms with Gasteiger partial charge in [0.2, 0.25) is 5.91 Å². The van der Waals surface area contributed by atoms with E-state index >= 15 is 0 Å². The van der Waals surface area contributed by atoms with Crippen molar-refractivity contribution in [3.8, 4) is 0 Å². The molecule has 7 nitrogen and oxygen atoms in total. The molecule has 0 radical (unpaired) electrons. The first-order valence-electron chi connectivity index (χ1n) is 9.74. The highest BCUT2D eigenvalue weighted by molar-refractivity contribution is 6.30. The molecule has 158 valence electrons. The lowest BCUT2D eigenvalue weighted by Crippen LogP contribution is -2.46. The molecule has 0 aliphatic carbocycles. The van der Waals surface area contributed by atoms with Crippen molar-refractivity contribution in [2.45, 2.75) is 18.9 Å². The molecule has 1 aliphatic rings. The van der Waals surface area contributed by atoms with Gasteiger partial charge in [0.1, 0.15) is 6.04 Å². The van der Waals surface area contributed by atoms with Crippen LogP contribution in [0.25, 0.3) is 0 Å². The topological polar surface area (TPSA) is 87.7 Å². The summed E-state index contributed by atoms with van der Waals surface area (Å²) in [5, 5.41) is 6.13. The Labute approximate surface area is 180 Å². The first kappa shape index (κ1) is 21.8. The fourth-order valence-electron chi connectivity index (χ4n) is 3.38. The number of methoxy groups -OCH3 is 1. The molecule has 2 aromatic rings. The number of benzene rings is 2. The fourth-order valence-corrected chi connectivity index (χ4v) is 3.50. The summed E-state index contributed by atoms with van der Waals surface area (Å²) in [4.78, 5) is 39.5. The molecule has 30 heavy (non-hydrogen) atoms. The summed E-state index contributed by atoms with van der Waals surface area (Å²) < 4.78 is 4.94. The molecule has 0 bridgehead atoms. The number of ether oxygens (including phenoxy) is 1. The number of carbonyl (C=O) groups excluding carboxylic acids is 3. The van der Waals surface area contributed by atoms with Gasteiger partial charge < -0.3 is 20.3 Å². The van der Waals surface area contributed by atoms with E-state index in [1.165, 1.54) is 0 Å². The monoisotopic (exact) mass is 429 g/mol. The predicted molar refractivity (Wildman–Crippen MR) is 115 cm³/mol. The number of likely N-dealkylation sites (tertiary alicyclic amines) is 1. The standard InChI is InChI=1S/C22H24ClN3O4/c1-30-13-11-24-21(28)19-6-3-12-26(19)22(29)16-4-2-5-18(14-16)25-20(27)15-7-9-17(23)10-8-15/h2,4-5,7-10,14,19H,3,6,11-13H2,1H3,(H,24,28)(H,25,27). The summed E-state index contributed by atoms with van der Waals surface area (Å²) in [7, 11) is 1.57. The van der Waals surface area contributed by atoms with Crippen molar-refractivity contribution < 1.29 is 19.1 Å². The highest BCUT2D eigenvalue weighted by Crippen LogP contribution is 2.22. The van der Waals surface area contributed by atoms with Gasteiger partial charge >= 0.3 is 0 Å². The smallest absolute Gasteiger partial charge is 0.255 e. The number of amides is 3. The van der Waals surface area contributed by atoms with Gasteiger partial charge in [-0.1, -0.05) is 17.7 Å². The van der Waals surface area contributed by atoms with Crippen LogP contribution < -0.4 is 10.6 Å². The summed E-state index contributed by atoms with van der Waals surface area (Å²) in [5.41, 5.74) is 1.38. The van der Waals surface area contributed by atoms with Crippen LogP contribution in [0.4, 0.5) is 5.69 Å². The summed E-state index contributed by atoms with van der Waals surface area (Å²) >= 11 is 5.86. The van der Waals surface area contributed by atoms with Crippen LogP contribution in [0.5, 0.6) is 0 Å². The van der Waals surface area contributed by atoms with Crippen LogP contribution in [0, 0.1) is 0 Å². The molecule has 1 atom stereocenters. The zero-order valence-electron chi connectivity index (χ0n) is 16.7. The average Bonchev–Trinajstić information content (AvgIpc) is 3.24. The maximum absolute atomic E-state index is 13.0. The fraction of sp³-hybridized carbons (Fsp3) is 0.318. The van der Waals surface area contributed by atoms with Gasteiger partial charge in [0, 0.05) is 42.0 Å². The van der Waals surface area contributed by atoms with Crippen LogP contribution in [0.15, 0.2) is 48.5 Å². The van der Waals surface area contributed by atoms with Crippen LogP contribution in [0.3, 0.4) is 0 Å². The minimum Gasteiger partial charge on any atom is -0.383 e. The number of hydrogen-bond donors (Lipinski definition) is 2. The van der Waals surface area contributed by atoms with E-state index in [9.17, 15) is 14.4 Å². The molecule has 1 fully saturated rings. The Morgan fingerprint density at radius 2 is 1.90 bits per heavy atom. The van der Waals surface area contributed by atoms with Gasteiger partial charge in [-0.25, -0.2) is 0 Å². The minimum atomic E-state index is -0.498. The number of halogens is 1. The molecule has 2 aromatic carbocycles. The SMILES string of the molecule is COCCNC(=O)C1CCCN1C(=O)c1cccc(NC(=O)c2ccc(Cl)cc2)c1. The lowest BCUT2D eigenvalue weighted by Gasteiger charge is -2.24. The van der Waals surface area contributed by atoms with Gasteiger partial charge in [-0.2, -0.15) is 0 Å². The third-order valence-corrected chi connectivity index (χ3v) is 5.15. The van der Waals surface area contributed by atoms with Crippen LogP contribution >= 0.6 is 11.6 Å². The lowest BCUT2D eigenvalue weighted by atomic mass is 10.1. The van der Waals surface area contributed by atoms with Crippen LogP contribution in [0.1, 0.15) is 33.6 Å². The van der Waals surface area contributed by atoms with E-state index < -0.39 is 6.04 Å². The van der Waals surface area contributed by atoms with E-state index in [1.807, 2.05) is 0 Å². The number of nitrogens with zero attached hydrogens (tertiary/aromatic N) is 1. The van der Waals surface area contributed by atoms with Gasteiger partial charge in [0.05, 0.1) is 6.61 Å². The van der Waals surface area contributed by atoms with Gasteiger partial charge in [0.15, 0.2) is 0 Å². The Morgan fingerprint density at radius 3 is 2.63 bits per heavy atom. The second-order valence-electron chi connectivity index (χ2n) is 6.98. The van der Waals surface area contributed by atoms with E-state index in [4.69, 9.17) is 16.3 Å². The van der Waals surface area contributed by atoms with Crippen molar-refractivity contribution in [3.05, 3.63) is 64.7 Å². The highest BCUT2D eigenvalue weighted by Gasteiger charge is 2.34. The molecule has 0 spiro atoms. The highest BCUT2D eigenvalue weighted by atomic mass is 35.5. The molecule has 3 amide bonds. The molecular weight excluding hydrogens is 406 g/mol. The first-order chi connectivity index (χ1) is 14.5. The molecule has 8 heteroatoms. The molecule has 0 aromatic heterocycles. The zero-order chi connectivity index (χ0) is 21.5. The van der Waals surface area contributed by atoms with E-state index in [-0.39, 0.29) is 17.7 Å². The zero-order valence-corrected chi connectivity index (χ0v) is 17.4. The Kier molecular flexibility index (Phi) is 7.43. The van der Waals surface area contributed by atoms with Gasteiger partial charge in [-0.3, -0.25) is 14.4 Å². The Hall–Kier alpha value is -2.90. The largest absolute Gasteiger partial charge is 0.383 e. The maximum atomic E-state index is 13.0.